The molecule has 1 N–H and O–H groups in total. The second-order valence-electron chi connectivity index (χ2n) is 5.31. The van der Waals surface area contributed by atoms with Crippen LogP contribution < -0.4 is 0 Å². The molecule has 1 unspecified atom stereocenters. The second kappa shape index (κ2) is 6.49. The van der Waals surface area contributed by atoms with Gasteiger partial charge >= 0.3 is 0 Å². The van der Waals surface area contributed by atoms with Gasteiger partial charge in [0.15, 0.2) is 0 Å². The zero-order valence-corrected chi connectivity index (χ0v) is 10.6. The van der Waals surface area contributed by atoms with Gasteiger partial charge in [0.05, 0.1) is 0 Å². The number of aliphatic hydroxyl groups excluding tert-OH is 1. The highest BCUT2D eigenvalue weighted by molar-refractivity contribution is 4.78. The van der Waals surface area contributed by atoms with E-state index in [1.807, 2.05) is 0 Å². The fourth-order valence-corrected chi connectivity index (χ4v) is 2.54. The smallest absolute Gasteiger partial charge is 0.0459 e. The molecule has 0 spiro atoms. The fourth-order valence-electron chi connectivity index (χ4n) is 2.54. The third-order valence-electron chi connectivity index (χ3n) is 3.99. The Morgan fingerprint density at radius 1 is 1.27 bits per heavy atom. The normalized spacial score (nSPS) is 29.4. The van der Waals surface area contributed by atoms with E-state index in [1.54, 1.807) is 0 Å². The highest BCUT2D eigenvalue weighted by Gasteiger charge is 2.23. The average molecular weight is 213 g/mol. The summed E-state index contributed by atoms with van der Waals surface area (Å²) in [5, 5.41) is 9.09. The van der Waals surface area contributed by atoms with Crippen molar-refractivity contribution in [3.63, 3.8) is 0 Å². The van der Waals surface area contributed by atoms with Crippen LogP contribution in [0.15, 0.2) is 0 Å². The zero-order valence-electron chi connectivity index (χ0n) is 10.6. The molecular weight excluding hydrogens is 186 g/mol. The maximum atomic E-state index is 9.09. The van der Waals surface area contributed by atoms with Gasteiger partial charge in [-0.15, -0.1) is 0 Å². The van der Waals surface area contributed by atoms with E-state index in [9.17, 15) is 0 Å². The van der Waals surface area contributed by atoms with Crippen LogP contribution in [0.1, 0.15) is 46.0 Å². The fraction of sp³-hybridized carbons (Fsp3) is 1.00. The predicted octanol–water partition coefficient (Wildman–Crippen LogP) is 2.52. The van der Waals surface area contributed by atoms with Crippen LogP contribution in [0.25, 0.3) is 0 Å². The number of hydrogen-bond donors (Lipinski definition) is 1. The van der Waals surface area contributed by atoms with Crippen molar-refractivity contribution in [2.45, 2.75) is 52.0 Å². The van der Waals surface area contributed by atoms with Gasteiger partial charge in [0.1, 0.15) is 0 Å². The molecule has 1 aliphatic carbocycles. The molecule has 1 saturated carbocycles. The van der Waals surface area contributed by atoms with Gasteiger partial charge in [0.2, 0.25) is 0 Å². The van der Waals surface area contributed by atoms with E-state index in [1.165, 1.54) is 38.6 Å². The van der Waals surface area contributed by atoms with Crippen LogP contribution >= 0.6 is 0 Å². The standard InChI is InChI=1S/C13H27NO/c1-4-11(2)9-14(3)13-7-5-12(10-15)6-8-13/h11-13,15H,4-10H2,1-3H3. The number of aliphatic hydroxyl groups is 1. The van der Waals surface area contributed by atoms with Crippen molar-refractivity contribution in [3.8, 4) is 0 Å². The summed E-state index contributed by atoms with van der Waals surface area (Å²) in [6.07, 6.45) is 6.25. The van der Waals surface area contributed by atoms with Crippen molar-refractivity contribution < 1.29 is 5.11 Å². The first-order valence-corrected chi connectivity index (χ1v) is 6.48. The van der Waals surface area contributed by atoms with E-state index < -0.39 is 0 Å². The monoisotopic (exact) mass is 213 g/mol. The van der Waals surface area contributed by atoms with Gasteiger partial charge in [-0.3, -0.25) is 0 Å². The van der Waals surface area contributed by atoms with Gasteiger partial charge in [-0.1, -0.05) is 20.3 Å². The number of hydrogen-bond acceptors (Lipinski definition) is 2. The topological polar surface area (TPSA) is 23.5 Å². The molecule has 15 heavy (non-hydrogen) atoms. The Kier molecular flexibility index (Phi) is 5.62. The Balaban J connectivity index is 2.26. The molecule has 2 nitrogen and oxygen atoms in total. The van der Waals surface area contributed by atoms with Crippen molar-refractivity contribution in [2.75, 3.05) is 20.2 Å². The van der Waals surface area contributed by atoms with E-state index in [0.717, 1.165) is 12.0 Å². The zero-order chi connectivity index (χ0) is 11.3. The maximum Gasteiger partial charge on any atom is 0.0459 e. The van der Waals surface area contributed by atoms with Crippen LogP contribution in [-0.4, -0.2) is 36.2 Å². The molecule has 1 atom stereocenters. The molecule has 0 radical (unpaired) electrons. The van der Waals surface area contributed by atoms with E-state index in [4.69, 9.17) is 5.11 Å². The molecule has 1 fully saturated rings. The maximum absolute atomic E-state index is 9.09. The van der Waals surface area contributed by atoms with Crippen molar-refractivity contribution in [3.05, 3.63) is 0 Å². The molecule has 1 aliphatic rings. The van der Waals surface area contributed by atoms with Gasteiger partial charge in [-0.25, -0.2) is 0 Å². The van der Waals surface area contributed by atoms with Crippen LogP contribution in [0.5, 0.6) is 0 Å². The Hall–Kier alpha value is -0.0800. The van der Waals surface area contributed by atoms with E-state index in [-0.39, 0.29) is 0 Å². The van der Waals surface area contributed by atoms with E-state index in [2.05, 4.69) is 25.8 Å². The summed E-state index contributed by atoms with van der Waals surface area (Å²) in [6.45, 7) is 6.21. The molecule has 0 heterocycles. The van der Waals surface area contributed by atoms with Gasteiger partial charge in [-0.2, -0.15) is 0 Å². The van der Waals surface area contributed by atoms with Crippen molar-refractivity contribution in [1.82, 2.24) is 4.90 Å². The Morgan fingerprint density at radius 2 is 1.87 bits per heavy atom. The lowest BCUT2D eigenvalue weighted by molar-refractivity contribution is 0.118. The summed E-state index contributed by atoms with van der Waals surface area (Å²) in [4.78, 5) is 2.53. The number of rotatable bonds is 5. The average Bonchev–Trinajstić information content (AvgIpc) is 2.29. The highest BCUT2D eigenvalue weighted by atomic mass is 16.3. The molecule has 2 heteroatoms. The summed E-state index contributed by atoms with van der Waals surface area (Å²) in [5.41, 5.74) is 0. The summed E-state index contributed by atoms with van der Waals surface area (Å²) in [6, 6.07) is 0.766. The van der Waals surface area contributed by atoms with Crippen LogP contribution in [0.3, 0.4) is 0 Å². The van der Waals surface area contributed by atoms with Gasteiger partial charge in [-0.05, 0) is 44.6 Å². The lowest BCUT2D eigenvalue weighted by atomic mass is 9.85. The first-order valence-electron chi connectivity index (χ1n) is 6.48. The molecule has 0 aliphatic heterocycles. The lowest BCUT2D eigenvalue weighted by Gasteiger charge is -2.35. The minimum absolute atomic E-state index is 0.391. The second-order valence-corrected chi connectivity index (χ2v) is 5.31. The van der Waals surface area contributed by atoms with E-state index >= 15 is 0 Å². The predicted molar refractivity (Wildman–Crippen MR) is 64.9 cm³/mol. The van der Waals surface area contributed by atoms with Crippen molar-refractivity contribution >= 4 is 0 Å². The minimum Gasteiger partial charge on any atom is -0.396 e. The summed E-state index contributed by atoms with van der Waals surface area (Å²) in [7, 11) is 2.26. The third kappa shape index (κ3) is 4.12. The molecule has 0 saturated heterocycles. The first kappa shape index (κ1) is 13.0. The van der Waals surface area contributed by atoms with E-state index in [0.29, 0.717) is 12.5 Å². The summed E-state index contributed by atoms with van der Waals surface area (Å²) < 4.78 is 0. The molecular formula is C13H27NO. The first-order chi connectivity index (χ1) is 7.17. The molecule has 0 aromatic heterocycles. The van der Waals surface area contributed by atoms with Gasteiger partial charge < -0.3 is 10.0 Å². The number of nitrogens with zero attached hydrogens (tertiary/aromatic N) is 1. The van der Waals surface area contributed by atoms with Crippen molar-refractivity contribution in [1.29, 1.82) is 0 Å². The van der Waals surface area contributed by atoms with Crippen LogP contribution in [0.2, 0.25) is 0 Å². The third-order valence-corrected chi connectivity index (χ3v) is 3.99. The lowest BCUT2D eigenvalue weighted by Crippen LogP contribution is -2.38. The minimum atomic E-state index is 0.391. The largest absolute Gasteiger partial charge is 0.396 e. The molecule has 0 aromatic rings. The molecule has 0 bridgehead atoms. The quantitative estimate of drug-likeness (QED) is 0.758. The molecule has 0 aromatic carbocycles. The van der Waals surface area contributed by atoms with Crippen molar-refractivity contribution in [2.24, 2.45) is 11.8 Å². The SMILES string of the molecule is CCC(C)CN(C)C1CCC(CO)CC1. The highest BCUT2D eigenvalue weighted by Crippen LogP contribution is 2.27. The molecule has 90 valence electrons. The Labute approximate surface area is 94.7 Å². The molecule has 1 rings (SSSR count). The van der Waals surface area contributed by atoms with Gasteiger partial charge in [0.25, 0.3) is 0 Å². The summed E-state index contributed by atoms with van der Waals surface area (Å²) >= 11 is 0. The van der Waals surface area contributed by atoms with Crippen LogP contribution in [-0.2, 0) is 0 Å². The Bertz CT molecular complexity index is 164. The van der Waals surface area contributed by atoms with Gasteiger partial charge in [0, 0.05) is 19.2 Å². The molecule has 0 amide bonds. The van der Waals surface area contributed by atoms with Crippen LogP contribution in [0.4, 0.5) is 0 Å². The summed E-state index contributed by atoms with van der Waals surface area (Å²) in [5.74, 6) is 1.39. The Morgan fingerprint density at radius 3 is 2.33 bits per heavy atom. The van der Waals surface area contributed by atoms with Crippen LogP contribution in [0, 0.1) is 11.8 Å².